The molecular weight excluding hydrogens is 245 g/mol. The summed E-state index contributed by atoms with van der Waals surface area (Å²) in [6.45, 7) is 0. The molecule has 0 aliphatic heterocycles. The molecule has 3 nitrogen and oxygen atoms in total. The standard InChI is InChI=1S/Au.3H2O/h;3*1H2/q+3;;;/p-3. The third-order valence-corrected chi connectivity index (χ3v) is 0. The zero-order valence-corrected chi connectivity index (χ0v) is 3.81. The van der Waals surface area contributed by atoms with Gasteiger partial charge in [0.15, 0.2) is 0 Å². The van der Waals surface area contributed by atoms with Crippen LogP contribution in [-0.2, 0) is 19.6 Å². The first-order valence-electron chi connectivity index (χ1n) is 0.405. The number of hydrogen-bond acceptors (Lipinski definition) is 3. The minimum atomic E-state index is -3.20. The van der Waals surface area contributed by atoms with Gasteiger partial charge in [0.05, 0.1) is 0 Å². The Morgan fingerprint density at radius 1 is 1.00 bits per heavy atom. The molecule has 4 heavy (non-hydrogen) atoms. The van der Waals surface area contributed by atoms with Crippen LogP contribution in [0.5, 0.6) is 0 Å². The van der Waals surface area contributed by atoms with E-state index in [2.05, 4.69) is 0 Å². The van der Waals surface area contributed by atoms with Crippen molar-refractivity contribution in [3.8, 4) is 0 Å². The average Bonchev–Trinajstić information content (AvgIpc) is 0.811. The van der Waals surface area contributed by atoms with Crippen molar-refractivity contribution in [2.24, 2.45) is 0 Å². The first-order chi connectivity index (χ1) is 1.73. The summed E-state index contributed by atoms with van der Waals surface area (Å²) in [5.74, 6) is 0. The topological polar surface area (TPSA) is 60.7 Å². The Bertz CT molecular complexity index is 8.00. The molecule has 4 heteroatoms. The molecule has 0 fully saturated rings. The molecule has 0 saturated carbocycles. The maximum absolute atomic E-state index is 7.31. The van der Waals surface area contributed by atoms with Crippen LogP contribution in [0.3, 0.4) is 0 Å². The molecule has 32 valence electrons. The molecule has 0 heterocycles. The summed E-state index contributed by atoms with van der Waals surface area (Å²) in [5, 5.41) is 0. The van der Waals surface area contributed by atoms with Crippen molar-refractivity contribution in [1.82, 2.24) is 0 Å². The molecule has 0 aliphatic rings. The fourth-order valence-electron chi connectivity index (χ4n) is 0. The van der Waals surface area contributed by atoms with E-state index in [-0.39, 0.29) is 0 Å². The summed E-state index contributed by atoms with van der Waals surface area (Å²) < 4.78 is 21.9. The summed E-state index contributed by atoms with van der Waals surface area (Å²) in [5.41, 5.74) is 0. The average molecular weight is 248 g/mol. The number of hydrogen-bond donors (Lipinski definition) is 3. The molecule has 0 unspecified atom stereocenters. The third-order valence-electron chi connectivity index (χ3n) is 0. The van der Waals surface area contributed by atoms with E-state index in [1.807, 2.05) is 0 Å². The molecule has 0 aromatic carbocycles. The molecule has 0 aromatic heterocycles. The minimum absolute atomic E-state index is 3.20. The van der Waals surface area contributed by atoms with E-state index in [0.29, 0.717) is 0 Å². The van der Waals surface area contributed by atoms with Crippen LogP contribution in [0, 0.1) is 0 Å². The SMILES string of the molecule is [OH][Au]([OH])[OH]. The molecule has 3 N–H and O–H groups in total. The van der Waals surface area contributed by atoms with Gasteiger partial charge in [0.2, 0.25) is 0 Å². The van der Waals surface area contributed by atoms with E-state index < -0.39 is 19.6 Å². The summed E-state index contributed by atoms with van der Waals surface area (Å²) in [4.78, 5) is 0. The zero-order valence-electron chi connectivity index (χ0n) is 1.64. The van der Waals surface area contributed by atoms with Crippen molar-refractivity contribution in [2.75, 3.05) is 0 Å². The molecule has 0 aliphatic carbocycles. The third kappa shape index (κ3) is 17.9. The van der Waals surface area contributed by atoms with Gasteiger partial charge in [0, 0.05) is 0 Å². The Balaban J connectivity index is 2.32. The van der Waals surface area contributed by atoms with Gasteiger partial charge >= 0.3 is 30.5 Å². The van der Waals surface area contributed by atoms with Gasteiger partial charge in [-0.2, -0.15) is 0 Å². The second-order valence-corrected chi connectivity index (χ2v) is 1.48. The van der Waals surface area contributed by atoms with Crippen molar-refractivity contribution >= 4 is 0 Å². The fraction of sp³-hybridized carbons (Fsp3) is 0. The van der Waals surface area contributed by atoms with Crippen LogP contribution in [0.1, 0.15) is 0 Å². The van der Waals surface area contributed by atoms with E-state index in [1.165, 1.54) is 0 Å². The van der Waals surface area contributed by atoms with Gasteiger partial charge in [-0.1, -0.05) is 0 Å². The second kappa shape index (κ2) is 1.90. The van der Waals surface area contributed by atoms with Gasteiger partial charge < -0.3 is 0 Å². The molecule has 0 bridgehead atoms. The van der Waals surface area contributed by atoms with E-state index in [1.54, 1.807) is 0 Å². The molecule has 0 aromatic rings. The van der Waals surface area contributed by atoms with Crippen LogP contribution >= 0.6 is 0 Å². The molecule has 0 rings (SSSR count). The Labute approximate surface area is 31.1 Å². The summed E-state index contributed by atoms with van der Waals surface area (Å²) in [6.07, 6.45) is 0. The van der Waals surface area contributed by atoms with Gasteiger partial charge in [-0.3, -0.25) is 0 Å². The quantitative estimate of drug-likeness (QED) is 0.449. The predicted octanol–water partition coefficient (Wildman–Crippen LogP) is -1.67. The van der Waals surface area contributed by atoms with Gasteiger partial charge in [0.25, 0.3) is 0 Å². The summed E-state index contributed by atoms with van der Waals surface area (Å²) >= 11 is -3.20. The maximum atomic E-state index is 7.31. The van der Waals surface area contributed by atoms with Gasteiger partial charge in [-0.25, -0.2) is 0 Å². The monoisotopic (exact) mass is 248 g/mol. The van der Waals surface area contributed by atoms with Crippen LogP contribution in [0.4, 0.5) is 0 Å². The summed E-state index contributed by atoms with van der Waals surface area (Å²) in [7, 11) is 0. The Morgan fingerprint density at radius 2 is 1.00 bits per heavy atom. The van der Waals surface area contributed by atoms with Crippen molar-refractivity contribution in [3.05, 3.63) is 0 Å². The van der Waals surface area contributed by atoms with Crippen molar-refractivity contribution in [2.45, 2.75) is 0 Å². The first-order valence-corrected chi connectivity index (χ1v) is 3.31. The normalized spacial score (nSPS) is 11.2. The predicted molar refractivity (Wildman–Crippen MR) is 6.66 cm³/mol. The zero-order chi connectivity index (χ0) is 3.58. The van der Waals surface area contributed by atoms with E-state index >= 15 is 0 Å². The Kier molecular flexibility index (Phi) is 2.19. The van der Waals surface area contributed by atoms with Crippen LogP contribution in [-0.4, -0.2) is 10.8 Å². The number of rotatable bonds is 0. The Hall–Kier alpha value is 0.620. The molecule has 0 amide bonds. The second-order valence-electron chi connectivity index (χ2n) is 0.181. The van der Waals surface area contributed by atoms with Gasteiger partial charge in [-0.15, -0.1) is 0 Å². The van der Waals surface area contributed by atoms with Crippen LogP contribution < -0.4 is 0 Å². The van der Waals surface area contributed by atoms with Crippen molar-refractivity contribution in [3.63, 3.8) is 0 Å². The molecular formula is H3AuO3. The van der Waals surface area contributed by atoms with E-state index in [9.17, 15) is 0 Å². The molecule has 0 atom stereocenters. The van der Waals surface area contributed by atoms with Crippen molar-refractivity contribution < 1.29 is 30.5 Å². The summed E-state index contributed by atoms with van der Waals surface area (Å²) in [6, 6.07) is 0. The van der Waals surface area contributed by atoms with Gasteiger partial charge in [-0.05, 0) is 0 Å². The van der Waals surface area contributed by atoms with Crippen molar-refractivity contribution in [1.29, 1.82) is 0 Å². The Morgan fingerprint density at radius 3 is 1.00 bits per heavy atom. The van der Waals surface area contributed by atoms with Crippen LogP contribution in [0.25, 0.3) is 0 Å². The first kappa shape index (κ1) is 4.62. The van der Waals surface area contributed by atoms with E-state index in [4.69, 9.17) is 10.8 Å². The molecule has 0 spiro atoms. The van der Waals surface area contributed by atoms with Crippen LogP contribution in [0.15, 0.2) is 0 Å². The van der Waals surface area contributed by atoms with Crippen LogP contribution in [0.2, 0.25) is 0 Å². The van der Waals surface area contributed by atoms with E-state index in [0.717, 1.165) is 0 Å². The molecule has 0 saturated heterocycles. The molecule has 0 radical (unpaired) electrons. The fourth-order valence-corrected chi connectivity index (χ4v) is 0. The van der Waals surface area contributed by atoms with Gasteiger partial charge in [0.1, 0.15) is 0 Å².